The van der Waals surface area contributed by atoms with Gasteiger partial charge in [-0.3, -0.25) is 0 Å². The molecule has 3 heteroatoms. The van der Waals surface area contributed by atoms with Gasteiger partial charge in [-0.15, -0.1) is 11.3 Å². The van der Waals surface area contributed by atoms with E-state index in [4.69, 9.17) is 0 Å². The molecule has 0 saturated heterocycles. The van der Waals surface area contributed by atoms with Crippen LogP contribution in [0.1, 0.15) is 0 Å². The van der Waals surface area contributed by atoms with Crippen LogP contribution in [-0.2, 0) is 0 Å². The molecule has 0 aliphatic rings. The predicted molar refractivity (Wildman–Crippen MR) is 204 cm³/mol. The van der Waals surface area contributed by atoms with Gasteiger partial charge in [0.25, 0.3) is 0 Å². The lowest BCUT2D eigenvalue weighted by Crippen LogP contribution is -2.09. The first-order valence-electron chi connectivity index (χ1n) is 16.0. The van der Waals surface area contributed by atoms with E-state index < -0.39 is 0 Å². The first kappa shape index (κ1) is 26.3. The number of nitrogens with one attached hydrogen (secondary N) is 1. The third-order valence-corrected chi connectivity index (χ3v) is 10.7. The minimum absolute atomic E-state index is 1.13. The van der Waals surface area contributed by atoms with Crippen LogP contribution >= 0.6 is 11.3 Å². The average Bonchev–Trinajstić information content (AvgIpc) is 3.70. The molecular weight excluding hydrogens is 589 g/mol. The van der Waals surface area contributed by atoms with Crippen molar-refractivity contribution in [2.75, 3.05) is 4.90 Å². The summed E-state index contributed by atoms with van der Waals surface area (Å²) in [6.07, 6.45) is 0. The number of anilines is 3. The lowest BCUT2D eigenvalue weighted by molar-refractivity contribution is 1.30. The summed E-state index contributed by atoms with van der Waals surface area (Å²) in [5.41, 5.74) is 8.20. The highest BCUT2D eigenvalue weighted by Gasteiger charge is 2.18. The van der Waals surface area contributed by atoms with Gasteiger partial charge in [-0.25, -0.2) is 0 Å². The van der Waals surface area contributed by atoms with Crippen molar-refractivity contribution in [1.29, 1.82) is 0 Å². The van der Waals surface area contributed by atoms with E-state index in [-0.39, 0.29) is 0 Å². The minimum Gasteiger partial charge on any atom is -0.354 e. The fourth-order valence-electron chi connectivity index (χ4n) is 7.35. The Bertz CT molecular complexity index is 2740. The zero-order chi connectivity index (χ0) is 30.9. The first-order chi connectivity index (χ1) is 23.3. The topological polar surface area (TPSA) is 19.0 Å². The summed E-state index contributed by atoms with van der Waals surface area (Å²) in [4.78, 5) is 6.22. The Labute approximate surface area is 275 Å². The van der Waals surface area contributed by atoms with Gasteiger partial charge in [0, 0.05) is 59.1 Å². The van der Waals surface area contributed by atoms with Crippen LogP contribution in [0.2, 0.25) is 0 Å². The zero-order valence-corrected chi connectivity index (χ0v) is 26.3. The van der Waals surface area contributed by atoms with E-state index in [1.54, 1.807) is 0 Å². The maximum absolute atomic E-state index is 3.83. The van der Waals surface area contributed by atoms with Crippen LogP contribution in [0.3, 0.4) is 0 Å². The largest absolute Gasteiger partial charge is 0.354 e. The van der Waals surface area contributed by atoms with E-state index in [9.17, 15) is 0 Å². The third kappa shape index (κ3) is 4.17. The van der Waals surface area contributed by atoms with E-state index in [0.717, 1.165) is 22.6 Å². The predicted octanol–water partition coefficient (Wildman–Crippen LogP) is 13.1. The summed E-state index contributed by atoms with van der Waals surface area (Å²) in [7, 11) is 0. The molecule has 10 rings (SSSR count). The van der Waals surface area contributed by atoms with Gasteiger partial charge >= 0.3 is 0 Å². The van der Waals surface area contributed by atoms with Crippen LogP contribution in [0.5, 0.6) is 0 Å². The molecule has 0 unspecified atom stereocenters. The number of hydrogen-bond donors (Lipinski definition) is 1. The summed E-state index contributed by atoms with van der Waals surface area (Å²) in [5, 5.41) is 10.0. The van der Waals surface area contributed by atoms with E-state index in [0.29, 0.717) is 0 Å². The number of fused-ring (bicyclic) bond motifs is 8. The number of nitrogens with zero attached hydrogens (tertiary/aromatic N) is 1. The van der Waals surface area contributed by atoms with E-state index in [1.807, 2.05) is 11.3 Å². The van der Waals surface area contributed by atoms with Gasteiger partial charge in [-0.1, -0.05) is 109 Å². The van der Waals surface area contributed by atoms with Crippen molar-refractivity contribution in [3.05, 3.63) is 164 Å². The average molecular weight is 617 g/mol. The van der Waals surface area contributed by atoms with E-state index in [1.165, 1.54) is 69.1 Å². The van der Waals surface area contributed by atoms with Crippen LogP contribution in [0.4, 0.5) is 17.1 Å². The van der Waals surface area contributed by atoms with Crippen LogP contribution in [0.25, 0.3) is 74.6 Å². The van der Waals surface area contributed by atoms with Crippen LogP contribution in [0, 0.1) is 0 Å². The molecule has 0 aliphatic carbocycles. The Hall–Kier alpha value is -5.90. The second kappa shape index (κ2) is 10.3. The van der Waals surface area contributed by atoms with Gasteiger partial charge in [0.2, 0.25) is 0 Å². The van der Waals surface area contributed by atoms with Crippen molar-refractivity contribution in [1.82, 2.24) is 4.98 Å². The molecule has 0 radical (unpaired) electrons. The molecule has 1 N–H and O–H groups in total. The van der Waals surface area contributed by atoms with Crippen LogP contribution in [-0.4, -0.2) is 4.98 Å². The Morgan fingerprint density at radius 3 is 1.74 bits per heavy atom. The van der Waals surface area contributed by atoms with Gasteiger partial charge in [0.1, 0.15) is 0 Å². The Morgan fingerprint density at radius 2 is 0.979 bits per heavy atom. The van der Waals surface area contributed by atoms with Crippen LogP contribution in [0.15, 0.2) is 164 Å². The van der Waals surface area contributed by atoms with Crippen molar-refractivity contribution >= 4 is 91.9 Å². The quantitative estimate of drug-likeness (QED) is 0.208. The maximum atomic E-state index is 3.83. The molecule has 2 nitrogen and oxygen atoms in total. The highest BCUT2D eigenvalue weighted by Crippen LogP contribution is 2.44. The number of H-pyrrole nitrogens is 1. The highest BCUT2D eigenvalue weighted by molar-refractivity contribution is 7.25. The molecule has 0 aliphatic heterocycles. The standard InChI is InChI=1S/C44H28N2S/c1-3-11-30-25-32(21-19-28(30)9-1)46(33-22-20-29-10-2-4-12-31(29)26-33)34-23-24-40-39(27-34)37-16-7-15-36(44(37)45-40)35-14-8-18-42-43(35)38-13-5-6-17-41(38)47-42/h1-27,45H. The summed E-state index contributed by atoms with van der Waals surface area (Å²) in [5.74, 6) is 0. The molecular formula is C44H28N2S. The monoisotopic (exact) mass is 616 g/mol. The molecule has 2 aromatic heterocycles. The van der Waals surface area contributed by atoms with E-state index >= 15 is 0 Å². The normalized spacial score (nSPS) is 11.8. The molecule has 8 aromatic carbocycles. The number of aromatic nitrogens is 1. The Morgan fingerprint density at radius 1 is 0.404 bits per heavy atom. The lowest BCUT2D eigenvalue weighted by atomic mass is 9.97. The lowest BCUT2D eigenvalue weighted by Gasteiger charge is -2.26. The molecule has 0 bridgehead atoms. The first-order valence-corrected chi connectivity index (χ1v) is 16.8. The van der Waals surface area contributed by atoms with Gasteiger partial charge in [-0.05, 0) is 81.7 Å². The summed E-state index contributed by atoms with van der Waals surface area (Å²) in [6, 6.07) is 59.7. The molecule has 220 valence electrons. The van der Waals surface area contributed by atoms with Gasteiger partial charge in [0.15, 0.2) is 0 Å². The molecule has 0 saturated carbocycles. The molecule has 0 spiro atoms. The molecule has 0 amide bonds. The summed E-state index contributed by atoms with van der Waals surface area (Å²) >= 11 is 1.87. The van der Waals surface area contributed by atoms with Crippen molar-refractivity contribution in [3.63, 3.8) is 0 Å². The van der Waals surface area contributed by atoms with Crippen LogP contribution < -0.4 is 4.90 Å². The van der Waals surface area contributed by atoms with Gasteiger partial charge in [-0.2, -0.15) is 0 Å². The Kier molecular flexibility index (Phi) is 5.78. The maximum Gasteiger partial charge on any atom is 0.0544 e. The SMILES string of the molecule is c1ccc2cc(N(c3ccc4ccccc4c3)c3ccc4[nH]c5c(-c6cccc7sc8ccccc8c67)cccc5c4c3)ccc2c1. The van der Waals surface area contributed by atoms with E-state index in [2.05, 4.69) is 174 Å². The number of benzene rings is 8. The number of para-hydroxylation sites is 1. The molecule has 10 aromatic rings. The fourth-order valence-corrected chi connectivity index (χ4v) is 8.48. The summed E-state index contributed by atoms with van der Waals surface area (Å²) in [6.45, 7) is 0. The molecule has 0 fully saturated rings. The third-order valence-electron chi connectivity index (χ3n) is 9.55. The second-order valence-electron chi connectivity index (χ2n) is 12.3. The molecule has 47 heavy (non-hydrogen) atoms. The zero-order valence-electron chi connectivity index (χ0n) is 25.4. The van der Waals surface area contributed by atoms with Gasteiger partial charge in [0.05, 0.1) is 5.52 Å². The van der Waals surface area contributed by atoms with Crippen molar-refractivity contribution in [3.8, 4) is 11.1 Å². The van der Waals surface area contributed by atoms with Crippen molar-refractivity contribution in [2.24, 2.45) is 0 Å². The van der Waals surface area contributed by atoms with Crippen molar-refractivity contribution in [2.45, 2.75) is 0 Å². The van der Waals surface area contributed by atoms with Crippen molar-refractivity contribution < 1.29 is 0 Å². The number of thiophene rings is 1. The number of rotatable bonds is 4. The molecule has 2 heterocycles. The Balaban J connectivity index is 1.19. The minimum atomic E-state index is 1.13. The number of aromatic amines is 1. The smallest absolute Gasteiger partial charge is 0.0544 e. The fraction of sp³-hybridized carbons (Fsp3) is 0. The summed E-state index contributed by atoms with van der Waals surface area (Å²) < 4.78 is 2.64. The highest BCUT2D eigenvalue weighted by atomic mass is 32.1. The molecule has 0 atom stereocenters. The van der Waals surface area contributed by atoms with Gasteiger partial charge < -0.3 is 9.88 Å². The number of hydrogen-bond acceptors (Lipinski definition) is 2. The second-order valence-corrected chi connectivity index (χ2v) is 13.3.